The van der Waals surface area contributed by atoms with Gasteiger partial charge in [0.1, 0.15) is 5.75 Å². The summed E-state index contributed by atoms with van der Waals surface area (Å²) in [6, 6.07) is 7.60. The summed E-state index contributed by atoms with van der Waals surface area (Å²) in [5.74, 6) is 1.73. The van der Waals surface area contributed by atoms with Gasteiger partial charge in [0.15, 0.2) is 18.1 Å². The lowest BCUT2D eigenvalue weighted by molar-refractivity contribution is -0.123. The van der Waals surface area contributed by atoms with Crippen LogP contribution in [-0.4, -0.2) is 25.5 Å². The number of fused-ring (bicyclic) bond motifs is 1. The van der Waals surface area contributed by atoms with Gasteiger partial charge in [-0.05, 0) is 65.5 Å². The zero-order valence-corrected chi connectivity index (χ0v) is 16.3. The zero-order chi connectivity index (χ0) is 18.7. The van der Waals surface area contributed by atoms with Crippen LogP contribution in [0.1, 0.15) is 22.3 Å². The van der Waals surface area contributed by atoms with Crippen LogP contribution in [0.25, 0.3) is 0 Å². The summed E-state index contributed by atoms with van der Waals surface area (Å²) in [5, 5.41) is 3.97. The minimum absolute atomic E-state index is 0.106. The first-order chi connectivity index (χ1) is 12.5. The number of benzene rings is 2. The van der Waals surface area contributed by atoms with Gasteiger partial charge in [-0.1, -0.05) is 12.1 Å². The van der Waals surface area contributed by atoms with Crippen molar-refractivity contribution in [2.45, 2.75) is 20.8 Å². The van der Waals surface area contributed by atoms with E-state index < -0.39 is 0 Å². The van der Waals surface area contributed by atoms with Crippen LogP contribution in [0.3, 0.4) is 0 Å². The van der Waals surface area contributed by atoms with Gasteiger partial charge in [-0.15, -0.1) is 0 Å². The van der Waals surface area contributed by atoms with Crippen molar-refractivity contribution in [2.75, 3.05) is 13.4 Å². The third kappa shape index (κ3) is 3.99. The van der Waals surface area contributed by atoms with Gasteiger partial charge >= 0.3 is 0 Å². The number of rotatable bonds is 5. The van der Waals surface area contributed by atoms with E-state index in [0.717, 1.165) is 32.5 Å². The molecule has 0 unspecified atom stereocenters. The second-order valence-electron chi connectivity index (χ2n) is 5.96. The predicted molar refractivity (Wildman–Crippen MR) is 102 cm³/mol. The average molecular weight is 419 g/mol. The normalized spacial score (nSPS) is 12.5. The van der Waals surface area contributed by atoms with Crippen molar-refractivity contribution in [3.8, 4) is 17.2 Å². The summed E-state index contributed by atoms with van der Waals surface area (Å²) < 4.78 is 17.1. The molecule has 2 aromatic carbocycles. The molecule has 3 rings (SSSR count). The number of hydrogen-bond donors (Lipinski definition) is 1. The SMILES string of the molecule is Cc1ccc(C)c(OCC(=O)N/N=C\c2cc3c(cc2Br)OCO3)c1C. The van der Waals surface area contributed by atoms with Gasteiger partial charge in [-0.25, -0.2) is 5.43 Å². The number of hydrazone groups is 1. The van der Waals surface area contributed by atoms with Crippen molar-refractivity contribution >= 4 is 28.1 Å². The highest BCUT2D eigenvalue weighted by molar-refractivity contribution is 9.10. The van der Waals surface area contributed by atoms with Crippen LogP contribution in [0.2, 0.25) is 0 Å². The van der Waals surface area contributed by atoms with E-state index in [-0.39, 0.29) is 19.3 Å². The molecule has 6 nitrogen and oxygen atoms in total. The van der Waals surface area contributed by atoms with Gasteiger partial charge < -0.3 is 14.2 Å². The first-order valence-electron chi connectivity index (χ1n) is 8.06. The first kappa shape index (κ1) is 18.3. The molecule has 1 heterocycles. The summed E-state index contributed by atoms with van der Waals surface area (Å²) in [6.07, 6.45) is 1.53. The maximum Gasteiger partial charge on any atom is 0.277 e. The molecule has 1 N–H and O–H groups in total. The second kappa shape index (κ2) is 7.78. The second-order valence-corrected chi connectivity index (χ2v) is 6.82. The largest absolute Gasteiger partial charge is 0.483 e. The van der Waals surface area contributed by atoms with E-state index >= 15 is 0 Å². The van der Waals surface area contributed by atoms with Crippen LogP contribution >= 0.6 is 15.9 Å². The molecule has 0 saturated heterocycles. The highest BCUT2D eigenvalue weighted by Crippen LogP contribution is 2.36. The molecule has 7 heteroatoms. The third-order valence-corrected chi connectivity index (χ3v) is 4.79. The van der Waals surface area contributed by atoms with Crippen LogP contribution in [0.5, 0.6) is 17.2 Å². The predicted octanol–water partition coefficient (Wildman–Crippen LogP) is 3.63. The van der Waals surface area contributed by atoms with Crippen LogP contribution in [0, 0.1) is 20.8 Å². The van der Waals surface area contributed by atoms with E-state index in [1.807, 2.05) is 32.9 Å². The molecule has 0 atom stereocenters. The minimum Gasteiger partial charge on any atom is -0.483 e. The van der Waals surface area contributed by atoms with Gasteiger partial charge in [0.25, 0.3) is 5.91 Å². The molecule has 0 saturated carbocycles. The number of aryl methyl sites for hydroxylation is 2. The van der Waals surface area contributed by atoms with Crippen molar-refractivity contribution < 1.29 is 19.0 Å². The van der Waals surface area contributed by atoms with Crippen LogP contribution in [0.4, 0.5) is 0 Å². The molecule has 0 aliphatic carbocycles. The number of halogens is 1. The van der Waals surface area contributed by atoms with E-state index in [9.17, 15) is 4.79 Å². The fourth-order valence-corrected chi connectivity index (χ4v) is 2.95. The van der Waals surface area contributed by atoms with Gasteiger partial charge in [0, 0.05) is 10.0 Å². The highest BCUT2D eigenvalue weighted by atomic mass is 79.9. The van der Waals surface area contributed by atoms with Crippen LogP contribution in [-0.2, 0) is 4.79 Å². The maximum atomic E-state index is 12.0. The Morgan fingerprint density at radius 1 is 1.23 bits per heavy atom. The van der Waals surface area contributed by atoms with Gasteiger partial charge in [0.2, 0.25) is 6.79 Å². The summed E-state index contributed by atoms with van der Waals surface area (Å²) in [5.41, 5.74) is 6.38. The van der Waals surface area contributed by atoms with E-state index in [2.05, 4.69) is 26.5 Å². The molecule has 2 aromatic rings. The van der Waals surface area contributed by atoms with Crippen molar-refractivity contribution in [2.24, 2.45) is 5.10 Å². The highest BCUT2D eigenvalue weighted by Gasteiger charge is 2.15. The molecular formula is C19H19BrN2O4. The molecule has 0 fully saturated rings. The minimum atomic E-state index is -0.335. The van der Waals surface area contributed by atoms with Crippen LogP contribution < -0.4 is 19.6 Å². The van der Waals surface area contributed by atoms with E-state index in [1.165, 1.54) is 6.21 Å². The molecule has 0 spiro atoms. The Morgan fingerprint density at radius 3 is 2.69 bits per heavy atom. The lowest BCUT2D eigenvalue weighted by Crippen LogP contribution is -2.25. The average Bonchev–Trinajstić information content (AvgIpc) is 3.05. The molecule has 0 bridgehead atoms. The zero-order valence-electron chi connectivity index (χ0n) is 14.8. The maximum absolute atomic E-state index is 12.0. The molecule has 26 heavy (non-hydrogen) atoms. The van der Waals surface area contributed by atoms with Gasteiger partial charge in [-0.2, -0.15) is 5.10 Å². The number of carbonyl (C=O) groups excluding carboxylic acids is 1. The first-order valence-corrected chi connectivity index (χ1v) is 8.85. The number of nitrogens with one attached hydrogen (secondary N) is 1. The van der Waals surface area contributed by atoms with Crippen molar-refractivity contribution in [3.63, 3.8) is 0 Å². The Bertz CT molecular complexity index is 880. The Balaban J connectivity index is 1.58. The van der Waals surface area contributed by atoms with Crippen molar-refractivity contribution in [1.29, 1.82) is 0 Å². The molecule has 136 valence electrons. The fourth-order valence-electron chi connectivity index (χ4n) is 2.52. The number of hydrogen-bond acceptors (Lipinski definition) is 5. The standard InChI is InChI=1S/C19H19BrN2O4/c1-11-4-5-12(2)19(13(11)3)24-9-18(23)22-21-8-14-6-16-17(7-15(14)20)26-10-25-16/h4-8H,9-10H2,1-3H3,(H,22,23)/b21-8-. The van der Waals surface area contributed by atoms with E-state index in [1.54, 1.807) is 12.1 Å². The Labute approximate surface area is 160 Å². The van der Waals surface area contributed by atoms with Gasteiger partial charge in [-0.3, -0.25) is 4.79 Å². The number of carbonyl (C=O) groups is 1. The summed E-state index contributed by atoms with van der Waals surface area (Å²) in [4.78, 5) is 12.0. The molecule has 1 aliphatic rings. The summed E-state index contributed by atoms with van der Waals surface area (Å²) in [7, 11) is 0. The Morgan fingerprint density at radius 2 is 1.92 bits per heavy atom. The topological polar surface area (TPSA) is 69.2 Å². The van der Waals surface area contributed by atoms with E-state index in [4.69, 9.17) is 14.2 Å². The van der Waals surface area contributed by atoms with Crippen LogP contribution in [0.15, 0.2) is 33.8 Å². The number of nitrogens with zero attached hydrogens (tertiary/aromatic N) is 1. The fraction of sp³-hybridized carbons (Fsp3) is 0.263. The monoisotopic (exact) mass is 418 g/mol. The quantitative estimate of drug-likeness (QED) is 0.594. The van der Waals surface area contributed by atoms with Crippen molar-refractivity contribution in [3.05, 3.63) is 51.0 Å². The number of amides is 1. The Kier molecular flexibility index (Phi) is 5.46. The molecule has 1 amide bonds. The lowest BCUT2D eigenvalue weighted by atomic mass is 10.1. The molecule has 0 aromatic heterocycles. The van der Waals surface area contributed by atoms with Gasteiger partial charge in [0.05, 0.1) is 6.21 Å². The smallest absolute Gasteiger partial charge is 0.277 e. The molecule has 0 radical (unpaired) electrons. The molecule has 1 aliphatic heterocycles. The lowest BCUT2D eigenvalue weighted by Gasteiger charge is -2.13. The summed E-state index contributed by atoms with van der Waals surface area (Å²) in [6.45, 7) is 6.04. The molecular weight excluding hydrogens is 400 g/mol. The third-order valence-electron chi connectivity index (χ3n) is 4.11. The van der Waals surface area contributed by atoms with E-state index in [0.29, 0.717) is 11.5 Å². The number of ether oxygens (including phenoxy) is 3. The summed E-state index contributed by atoms with van der Waals surface area (Å²) >= 11 is 3.44. The Hall–Kier alpha value is -2.54. The van der Waals surface area contributed by atoms with Crippen molar-refractivity contribution in [1.82, 2.24) is 5.43 Å².